The van der Waals surface area contributed by atoms with Crippen LogP contribution in [-0.2, 0) is 0 Å². The summed E-state index contributed by atoms with van der Waals surface area (Å²) in [6, 6.07) is 5.25. The van der Waals surface area contributed by atoms with Crippen molar-refractivity contribution in [3.05, 3.63) is 18.2 Å². The normalized spacial score (nSPS) is 11.9. The molecule has 0 bridgehead atoms. The Bertz CT molecular complexity index is 541. The molecule has 1 aromatic heterocycles. The lowest BCUT2D eigenvalue weighted by Crippen LogP contribution is -2.09. The van der Waals surface area contributed by atoms with Gasteiger partial charge >= 0.3 is 5.51 Å². The monoisotopic (exact) mass is 277 g/mol. The second kappa shape index (κ2) is 4.97. The van der Waals surface area contributed by atoms with Gasteiger partial charge in [-0.1, -0.05) is 6.07 Å². The lowest BCUT2D eigenvalue weighted by molar-refractivity contribution is -0.0327. The predicted octanol–water partition coefficient (Wildman–Crippen LogP) is 3.07. The Morgan fingerprint density at radius 1 is 1.39 bits per heavy atom. The molecule has 0 radical (unpaired) electrons. The van der Waals surface area contributed by atoms with Gasteiger partial charge in [-0.15, -0.1) is 0 Å². The summed E-state index contributed by atoms with van der Waals surface area (Å²) in [6.07, 6.45) is 0. The maximum Gasteiger partial charge on any atom is 0.441 e. The molecular formula is C10H10F3N3OS. The molecule has 0 atom stereocenters. The first kappa shape index (κ1) is 12.9. The molecule has 18 heavy (non-hydrogen) atoms. The topological polar surface area (TPSA) is 64.1 Å². The Morgan fingerprint density at radius 2 is 2.17 bits per heavy atom. The zero-order valence-electron chi connectivity index (χ0n) is 9.12. The summed E-state index contributed by atoms with van der Waals surface area (Å²) in [5, 5.41) is 2.68. The average Bonchev–Trinajstić information content (AvgIpc) is 2.68. The van der Waals surface area contributed by atoms with Crippen molar-refractivity contribution >= 4 is 34.6 Å². The van der Waals surface area contributed by atoms with Crippen LogP contribution >= 0.6 is 11.8 Å². The second-order valence-electron chi connectivity index (χ2n) is 3.43. The second-order valence-corrected chi connectivity index (χ2v) is 4.59. The molecule has 8 heteroatoms. The number of alkyl halides is 3. The Labute approximate surface area is 105 Å². The fourth-order valence-corrected chi connectivity index (χ4v) is 1.81. The molecule has 0 aliphatic carbocycles. The number of hydrogen-bond donors (Lipinski definition) is 2. The highest BCUT2D eigenvalue weighted by molar-refractivity contribution is 8.00. The van der Waals surface area contributed by atoms with Gasteiger partial charge in [-0.3, -0.25) is 0 Å². The van der Waals surface area contributed by atoms with Crippen LogP contribution in [0, 0.1) is 0 Å². The summed E-state index contributed by atoms with van der Waals surface area (Å²) < 4.78 is 40.9. The van der Waals surface area contributed by atoms with Crippen LogP contribution in [-0.4, -0.2) is 22.8 Å². The summed E-state index contributed by atoms with van der Waals surface area (Å²) in [7, 11) is 0. The van der Waals surface area contributed by atoms with E-state index in [0.717, 1.165) is 0 Å². The minimum atomic E-state index is -4.21. The molecule has 0 amide bonds. The van der Waals surface area contributed by atoms with Gasteiger partial charge in [-0.05, 0) is 23.9 Å². The minimum absolute atomic E-state index is 0.0938. The van der Waals surface area contributed by atoms with E-state index in [1.165, 1.54) is 0 Å². The van der Waals surface area contributed by atoms with Crippen molar-refractivity contribution in [3.63, 3.8) is 0 Å². The van der Waals surface area contributed by atoms with E-state index in [9.17, 15) is 13.2 Å². The van der Waals surface area contributed by atoms with Gasteiger partial charge in [0.2, 0.25) is 0 Å². The number of oxazole rings is 1. The molecule has 98 valence electrons. The van der Waals surface area contributed by atoms with Crippen LogP contribution in [0.2, 0.25) is 0 Å². The van der Waals surface area contributed by atoms with Crippen molar-refractivity contribution in [2.75, 3.05) is 23.3 Å². The third kappa shape index (κ3) is 3.22. The van der Waals surface area contributed by atoms with Crippen LogP contribution in [0.1, 0.15) is 0 Å². The molecule has 1 heterocycles. The first-order chi connectivity index (χ1) is 8.46. The van der Waals surface area contributed by atoms with Crippen molar-refractivity contribution in [2.24, 2.45) is 0 Å². The standard InChI is InChI=1S/C10H10F3N3OS/c11-10(12,13)18-5-4-15-9-16-8-6(14)2-1-3-7(8)17-9/h1-3H,4-5,14H2,(H,15,16). The molecule has 1 aromatic carbocycles. The number of hydrogen-bond acceptors (Lipinski definition) is 5. The number of nitrogen functional groups attached to an aromatic ring is 1. The first-order valence-electron chi connectivity index (χ1n) is 5.05. The molecule has 0 aliphatic rings. The molecule has 3 N–H and O–H groups in total. The number of halogens is 3. The molecule has 2 aromatic rings. The van der Waals surface area contributed by atoms with E-state index in [4.69, 9.17) is 10.2 Å². The van der Waals surface area contributed by atoms with E-state index in [0.29, 0.717) is 16.8 Å². The zero-order valence-corrected chi connectivity index (χ0v) is 9.94. The van der Waals surface area contributed by atoms with Gasteiger partial charge in [0, 0.05) is 12.3 Å². The van der Waals surface area contributed by atoms with Gasteiger partial charge in [0.15, 0.2) is 5.58 Å². The number of fused-ring (bicyclic) bond motifs is 1. The summed E-state index contributed by atoms with van der Waals surface area (Å²) in [5.41, 5.74) is 2.93. The van der Waals surface area contributed by atoms with Crippen LogP contribution in [0.5, 0.6) is 0 Å². The van der Waals surface area contributed by atoms with Gasteiger partial charge in [-0.2, -0.15) is 18.2 Å². The number of nitrogens with two attached hydrogens (primary N) is 1. The fraction of sp³-hybridized carbons (Fsp3) is 0.300. The number of nitrogens with one attached hydrogen (secondary N) is 1. The van der Waals surface area contributed by atoms with Gasteiger partial charge in [-0.25, -0.2) is 0 Å². The Kier molecular flexibility index (Phi) is 3.55. The highest BCUT2D eigenvalue weighted by atomic mass is 32.2. The van der Waals surface area contributed by atoms with E-state index in [1.54, 1.807) is 18.2 Å². The van der Waals surface area contributed by atoms with Crippen molar-refractivity contribution in [2.45, 2.75) is 5.51 Å². The van der Waals surface area contributed by atoms with Crippen molar-refractivity contribution in [1.29, 1.82) is 0 Å². The van der Waals surface area contributed by atoms with Gasteiger partial charge in [0.05, 0.1) is 5.69 Å². The third-order valence-corrected chi connectivity index (χ3v) is 2.83. The lowest BCUT2D eigenvalue weighted by Gasteiger charge is -2.04. The SMILES string of the molecule is Nc1cccc2oc(NCCSC(F)(F)F)nc12. The lowest BCUT2D eigenvalue weighted by atomic mass is 10.3. The zero-order chi connectivity index (χ0) is 13.2. The van der Waals surface area contributed by atoms with Crippen molar-refractivity contribution in [1.82, 2.24) is 4.98 Å². The van der Waals surface area contributed by atoms with Crippen molar-refractivity contribution < 1.29 is 17.6 Å². The van der Waals surface area contributed by atoms with Crippen LogP contribution in [0.25, 0.3) is 11.1 Å². The quantitative estimate of drug-likeness (QED) is 0.664. The van der Waals surface area contributed by atoms with Crippen molar-refractivity contribution in [3.8, 4) is 0 Å². The highest BCUT2D eigenvalue weighted by Crippen LogP contribution is 2.30. The Morgan fingerprint density at radius 3 is 2.83 bits per heavy atom. The number of anilines is 2. The van der Waals surface area contributed by atoms with E-state index in [2.05, 4.69) is 10.3 Å². The number of benzene rings is 1. The number of thioether (sulfide) groups is 1. The number of rotatable bonds is 4. The van der Waals surface area contributed by atoms with Gasteiger partial charge in [0.25, 0.3) is 6.01 Å². The maximum absolute atomic E-state index is 11.9. The minimum Gasteiger partial charge on any atom is -0.423 e. The van der Waals surface area contributed by atoms with E-state index >= 15 is 0 Å². The largest absolute Gasteiger partial charge is 0.441 e. The molecular weight excluding hydrogens is 267 g/mol. The van der Waals surface area contributed by atoms with E-state index in [1.807, 2.05) is 0 Å². The molecule has 0 saturated carbocycles. The summed E-state index contributed by atoms with van der Waals surface area (Å²) in [6.45, 7) is 0.108. The van der Waals surface area contributed by atoms with E-state index in [-0.39, 0.29) is 30.1 Å². The van der Waals surface area contributed by atoms with Crippen LogP contribution < -0.4 is 11.1 Å². The molecule has 4 nitrogen and oxygen atoms in total. The molecule has 0 unspecified atom stereocenters. The molecule has 0 fully saturated rings. The highest BCUT2D eigenvalue weighted by Gasteiger charge is 2.27. The smallest absolute Gasteiger partial charge is 0.423 e. The molecule has 0 aliphatic heterocycles. The predicted molar refractivity (Wildman–Crippen MR) is 65.4 cm³/mol. The fourth-order valence-electron chi connectivity index (χ4n) is 1.37. The Hall–Kier alpha value is -1.57. The average molecular weight is 277 g/mol. The van der Waals surface area contributed by atoms with Crippen LogP contribution in [0.3, 0.4) is 0 Å². The molecule has 0 spiro atoms. The maximum atomic E-state index is 11.9. The van der Waals surface area contributed by atoms with E-state index < -0.39 is 5.51 Å². The number of aromatic nitrogens is 1. The van der Waals surface area contributed by atoms with Gasteiger partial charge in [0.1, 0.15) is 5.52 Å². The third-order valence-electron chi connectivity index (χ3n) is 2.09. The summed E-state index contributed by atoms with van der Waals surface area (Å²) in [5.74, 6) is -0.113. The van der Waals surface area contributed by atoms with Crippen LogP contribution in [0.15, 0.2) is 22.6 Å². The molecule has 0 saturated heterocycles. The number of nitrogens with zero attached hydrogens (tertiary/aromatic N) is 1. The van der Waals surface area contributed by atoms with Gasteiger partial charge < -0.3 is 15.5 Å². The number of para-hydroxylation sites is 1. The van der Waals surface area contributed by atoms with Crippen LogP contribution in [0.4, 0.5) is 24.9 Å². The Balaban J connectivity index is 1.94. The summed E-state index contributed by atoms with van der Waals surface area (Å²) in [4.78, 5) is 4.05. The first-order valence-corrected chi connectivity index (χ1v) is 6.04. The molecule has 2 rings (SSSR count). The summed E-state index contributed by atoms with van der Waals surface area (Å²) >= 11 is -0.0938.